The summed E-state index contributed by atoms with van der Waals surface area (Å²) < 4.78 is 1.99. The van der Waals surface area contributed by atoms with Crippen LogP contribution in [0.2, 0.25) is 0 Å². The lowest BCUT2D eigenvalue weighted by Crippen LogP contribution is -2.26. The second kappa shape index (κ2) is 5.59. The minimum atomic E-state index is -0.724. The molecule has 1 unspecified atom stereocenters. The molecule has 1 atom stereocenters. The minimum Gasteiger partial charge on any atom is -0.480 e. The van der Waals surface area contributed by atoms with E-state index in [2.05, 4.69) is 6.07 Å². The molecule has 1 N–H and O–H groups in total. The SMILES string of the molecule is CC(C)C(C(=O)O)n1cccc1C1CCCCC1. The van der Waals surface area contributed by atoms with E-state index >= 15 is 0 Å². The van der Waals surface area contributed by atoms with E-state index in [0.717, 1.165) is 0 Å². The Labute approximate surface area is 109 Å². The zero-order valence-corrected chi connectivity index (χ0v) is 11.3. The van der Waals surface area contributed by atoms with Crippen LogP contribution in [0.1, 0.15) is 63.6 Å². The summed E-state index contributed by atoms with van der Waals surface area (Å²) in [5.74, 6) is -0.0650. The van der Waals surface area contributed by atoms with Crippen molar-refractivity contribution in [1.29, 1.82) is 0 Å². The topological polar surface area (TPSA) is 42.2 Å². The first-order valence-electron chi connectivity index (χ1n) is 7.00. The van der Waals surface area contributed by atoms with Crippen molar-refractivity contribution in [2.45, 2.75) is 57.9 Å². The Morgan fingerprint density at radius 1 is 1.33 bits per heavy atom. The molecule has 0 bridgehead atoms. The predicted molar refractivity (Wildman–Crippen MR) is 71.8 cm³/mol. The number of aromatic nitrogens is 1. The maximum atomic E-state index is 11.5. The summed E-state index contributed by atoms with van der Waals surface area (Å²) in [5, 5.41) is 9.42. The Bertz CT molecular complexity index is 402. The maximum absolute atomic E-state index is 11.5. The molecule has 3 nitrogen and oxygen atoms in total. The van der Waals surface area contributed by atoms with Crippen molar-refractivity contribution in [2.24, 2.45) is 5.92 Å². The fourth-order valence-corrected chi connectivity index (χ4v) is 3.13. The quantitative estimate of drug-likeness (QED) is 0.881. The van der Waals surface area contributed by atoms with Crippen LogP contribution in [0.5, 0.6) is 0 Å². The lowest BCUT2D eigenvalue weighted by atomic mass is 9.86. The van der Waals surface area contributed by atoms with Gasteiger partial charge in [-0.05, 0) is 36.8 Å². The molecule has 0 aliphatic heterocycles. The minimum absolute atomic E-state index is 0.109. The molecule has 1 aliphatic carbocycles. The summed E-state index contributed by atoms with van der Waals surface area (Å²) in [5.41, 5.74) is 1.22. The largest absolute Gasteiger partial charge is 0.480 e. The molecule has 0 amide bonds. The van der Waals surface area contributed by atoms with Gasteiger partial charge >= 0.3 is 5.97 Å². The van der Waals surface area contributed by atoms with Crippen LogP contribution in [0, 0.1) is 5.92 Å². The van der Waals surface area contributed by atoms with Crippen LogP contribution in [0.3, 0.4) is 0 Å². The molecule has 0 saturated heterocycles. The second-order valence-corrected chi connectivity index (χ2v) is 5.70. The normalized spacial score (nSPS) is 19.1. The van der Waals surface area contributed by atoms with Crippen molar-refractivity contribution >= 4 is 5.97 Å². The second-order valence-electron chi connectivity index (χ2n) is 5.70. The highest BCUT2D eigenvalue weighted by molar-refractivity contribution is 5.72. The summed E-state index contributed by atoms with van der Waals surface area (Å²) in [6.45, 7) is 3.95. The van der Waals surface area contributed by atoms with E-state index in [1.54, 1.807) is 0 Å². The molecular formula is C15H23NO2. The van der Waals surface area contributed by atoms with Crippen LogP contribution < -0.4 is 0 Å². The van der Waals surface area contributed by atoms with Gasteiger partial charge in [0.1, 0.15) is 6.04 Å². The number of nitrogens with zero attached hydrogens (tertiary/aromatic N) is 1. The van der Waals surface area contributed by atoms with Gasteiger partial charge in [0.25, 0.3) is 0 Å². The Hall–Kier alpha value is -1.25. The summed E-state index contributed by atoms with van der Waals surface area (Å²) in [4.78, 5) is 11.5. The molecule has 1 aliphatic rings. The van der Waals surface area contributed by atoms with Gasteiger partial charge in [-0.1, -0.05) is 33.1 Å². The first kappa shape index (κ1) is 13.2. The van der Waals surface area contributed by atoms with E-state index in [0.29, 0.717) is 5.92 Å². The predicted octanol–water partition coefficient (Wildman–Crippen LogP) is 3.82. The molecule has 0 aromatic carbocycles. The van der Waals surface area contributed by atoms with E-state index in [4.69, 9.17) is 0 Å². The Kier molecular flexibility index (Phi) is 4.10. The number of hydrogen-bond donors (Lipinski definition) is 1. The van der Waals surface area contributed by atoms with Crippen LogP contribution in [0.15, 0.2) is 18.3 Å². The molecule has 0 spiro atoms. The lowest BCUT2D eigenvalue weighted by molar-refractivity contribution is -0.142. The van der Waals surface area contributed by atoms with Gasteiger partial charge in [0, 0.05) is 11.9 Å². The standard InChI is InChI=1S/C15H23NO2/c1-11(2)14(15(17)18)16-10-6-9-13(16)12-7-4-3-5-8-12/h6,9-12,14H,3-5,7-8H2,1-2H3,(H,17,18). The Balaban J connectivity index is 2.27. The monoisotopic (exact) mass is 249 g/mol. The van der Waals surface area contributed by atoms with Gasteiger partial charge in [0.05, 0.1) is 0 Å². The number of rotatable bonds is 4. The van der Waals surface area contributed by atoms with E-state index in [9.17, 15) is 9.90 Å². The van der Waals surface area contributed by atoms with Gasteiger partial charge in [-0.15, -0.1) is 0 Å². The van der Waals surface area contributed by atoms with Gasteiger partial charge in [-0.25, -0.2) is 4.79 Å². The van der Waals surface area contributed by atoms with Crippen molar-refractivity contribution in [2.75, 3.05) is 0 Å². The van der Waals surface area contributed by atoms with Crippen LogP contribution in [0.4, 0.5) is 0 Å². The van der Waals surface area contributed by atoms with Crippen LogP contribution in [-0.2, 0) is 4.79 Å². The highest BCUT2D eigenvalue weighted by Crippen LogP contribution is 2.35. The number of aliphatic carboxylic acids is 1. The number of carboxylic acids is 1. The summed E-state index contributed by atoms with van der Waals surface area (Å²) in [6, 6.07) is 3.66. The Morgan fingerprint density at radius 2 is 2.00 bits per heavy atom. The molecule has 1 heterocycles. The highest BCUT2D eigenvalue weighted by atomic mass is 16.4. The number of carboxylic acid groups (broad SMARTS) is 1. The molecule has 3 heteroatoms. The molecule has 100 valence electrons. The zero-order valence-electron chi connectivity index (χ0n) is 11.3. The third-order valence-electron chi connectivity index (χ3n) is 4.02. The van der Waals surface area contributed by atoms with Crippen molar-refractivity contribution in [1.82, 2.24) is 4.57 Å². The highest BCUT2D eigenvalue weighted by Gasteiger charge is 2.27. The maximum Gasteiger partial charge on any atom is 0.326 e. The van der Waals surface area contributed by atoms with E-state index in [1.807, 2.05) is 30.7 Å². The smallest absolute Gasteiger partial charge is 0.326 e. The lowest BCUT2D eigenvalue weighted by Gasteiger charge is -2.27. The first-order chi connectivity index (χ1) is 8.61. The van der Waals surface area contributed by atoms with E-state index in [1.165, 1.54) is 37.8 Å². The third-order valence-corrected chi connectivity index (χ3v) is 4.02. The summed E-state index contributed by atoms with van der Waals surface area (Å²) >= 11 is 0. The molecule has 1 fully saturated rings. The fourth-order valence-electron chi connectivity index (χ4n) is 3.13. The average Bonchev–Trinajstić information content (AvgIpc) is 2.78. The van der Waals surface area contributed by atoms with Crippen LogP contribution in [-0.4, -0.2) is 15.6 Å². The average molecular weight is 249 g/mol. The molecule has 2 rings (SSSR count). The van der Waals surface area contributed by atoms with E-state index in [-0.39, 0.29) is 5.92 Å². The number of hydrogen-bond acceptors (Lipinski definition) is 1. The molecule has 18 heavy (non-hydrogen) atoms. The number of carbonyl (C=O) groups is 1. The van der Waals surface area contributed by atoms with Gasteiger partial charge in [0.2, 0.25) is 0 Å². The van der Waals surface area contributed by atoms with Crippen molar-refractivity contribution < 1.29 is 9.90 Å². The summed E-state index contributed by atoms with van der Waals surface area (Å²) in [6.07, 6.45) is 8.21. The van der Waals surface area contributed by atoms with Gasteiger partial charge in [-0.2, -0.15) is 0 Å². The van der Waals surface area contributed by atoms with Crippen molar-refractivity contribution in [3.63, 3.8) is 0 Å². The van der Waals surface area contributed by atoms with Gasteiger partial charge in [0.15, 0.2) is 0 Å². The molecule has 0 radical (unpaired) electrons. The fraction of sp³-hybridized carbons (Fsp3) is 0.667. The molecule has 1 aromatic rings. The van der Waals surface area contributed by atoms with Crippen molar-refractivity contribution in [3.05, 3.63) is 24.0 Å². The first-order valence-corrected chi connectivity index (χ1v) is 7.00. The summed E-state index contributed by atoms with van der Waals surface area (Å²) in [7, 11) is 0. The Morgan fingerprint density at radius 3 is 2.56 bits per heavy atom. The van der Waals surface area contributed by atoms with Crippen molar-refractivity contribution in [3.8, 4) is 0 Å². The van der Waals surface area contributed by atoms with E-state index < -0.39 is 12.0 Å². The van der Waals surface area contributed by atoms with Gasteiger partial charge < -0.3 is 9.67 Å². The molecule has 1 saturated carbocycles. The van der Waals surface area contributed by atoms with Crippen LogP contribution >= 0.6 is 0 Å². The molecule has 1 aromatic heterocycles. The third kappa shape index (κ3) is 2.60. The van der Waals surface area contributed by atoms with Crippen LogP contribution in [0.25, 0.3) is 0 Å². The zero-order chi connectivity index (χ0) is 13.1. The molecular weight excluding hydrogens is 226 g/mol. The van der Waals surface area contributed by atoms with Gasteiger partial charge in [-0.3, -0.25) is 0 Å².